The quantitative estimate of drug-likeness (QED) is 0.851. The normalized spacial score (nSPS) is 17.8. The van der Waals surface area contributed by atoms with Gasteiger partial charge in [0.1, 0.15) is 0 Å². The first-order valence-corrected chi connectivity index (χ1v) is 8.88. The Morgan fingerprint density at radius 1 is 1.14 bits per heavy atom. The van der Waals surface area contributed by atoms with Crippen molar-refractivity contribution in [3.05, 3.63) is 29.3 Å². The van der Waals surface area contributed by atoms with Crippen molar-refractivity contribution in [2.24, 2.45) is 0 Å². The summed E-state index contributed by atoms with van der Waals surface area (Å²) in [6.07, 6.45) is -2.78. The molecule has 8 heteroatoms. The summed E-state index contributed by atoms with van der Waals surface area (Å²) in [5, 5.41) is 0. The second-order valence-electron chi connectivity index (χ2n) is 5.35. The SMILES string of the molecule is CCc1ccc(N2CCN(S(C)(=O)=O)CC2)c(C(F)(F)F)c1. The Morgan fingerprint density at radius 3 is 2.18 bits per heavy atom. The van der Waals surface area contributed by atoms with Crippen molar-refractivity contribution in [3.63, 3.8) is 0 Å². The number of halogens is 3. The van der Waals surface area contributed by atoms with Crippen LogP contribution >= 0.6 is 0 Å². The molecule has 0 aromatic heterocycles. The molecule has 1 fully saturated rings. The third-order valence-electron chi connectivity index (χ3n) is 3.82. The maximum absolute atomic E-state index is 13.3. The standard InChI is InChI=1S/C14H19F3N2O2S/c1-3-11-4-5-13(12(10-11)14(15,16)17)18-6-8-19(9-7-18)22(2,20)21/h4-5,10H,3,6-9H2,1-2H3. The smallest absolute Gasteiger partial charge is 0.368 e. The fraction of sp³-hybridized carbons (Fsp3) is 0.571. The van der Waals surface area contributed by atoms with Crippen molar-refractivity contribution in [1.82, 2.24) is 4.31 Å². The number of aryl methyl sites for hydroxylation is 1. The second kappa shape index (κ2) is 6.08. The molecule has 0 spiro atoms. The molecule has 0 radical (unpaired) electrons. The highest BCUT2D eigenvalue weighted by Crippen LogP contribution is 2.37. The summed E-state index contributed by atoms with van der Waals surface area (Å²) in [5.74, 6) is 0. The molecule has 22 heavy (non-hydrogen) atoms. The molecule has 2 rings (SSSR count). The van der Waals surface area contributed by atoms with Gasteiger partial charge in [-0.25, -0.2) is 8.42 Å². The lowest BCUT2D eigenvalue weighted by atomic mass is 10.0. The lowest BCUT2D eigenvalue weighted by molar-refractivity contribution is -0.137. The fourth-order valence-corrected chi connectivity index (χ4v) is 3.39. The van der Waals surface area contributed by atoms with Gasteiger partial charge in [-0.15, -0.1) is 0 Å². The van der Waals surface area contributed by atoms with Gasteiger partial charge in [-0.2, -0.15) is 17.5 Å². The Hall–Kier alpha value is -1.28. The van der Waals surface area contributed by atoms with Crippen LogP contribution in [0.3, 0.4) is 0 Å². The average Bonchev–Trinajstić information content (AvgIpc) is 2.45. The zero-order valence-electron chi connectivity index (χ0n) is 12.5. The summed E-state index contributed by atoms with van der Waals surface area (Å²) in [5.41, 5.74) is 0.100. The van der Waals surface area contributed by atoms with Crippen LogP contribution in [0.2, 0.25) is 0 Å². The maximum atomic E-state index is 13.3. The lowest BCUT2D eigenvalue weighted by Crippen LogP contribution is -2.48. The van der Waals surface area contributed by atoms with Gasteiger partial charge in [-0.1, -0.05) is 13.0 Å². The summed E-state index contributed by atoms with van der Waals surface area (Å²) in [4.78, 5) is 1.60. The van der Waals surface area contributed by atoms with E-state index in [1.807, 2.05) is 0 Å². The van der Waals surface area contributed by atoms with Crippen LogP contribution in [-0.2, 0) is 22.6 Å². The number of hydrogen-bond donors (Lipinski definition) is 0. The van der Waals surface area contributed by atoms with Crippen LogP contribution in [0, 0.1) is 0 Å². The molecule has 0 N–H and O–H groups in total. The van der Waals surface area contributed by atoms with Crippen molar-refractivity contribution in [2.45, 2.75) is 19.5 Å². The number of hydrogen-bond acceptors (Lipinski definition) is 3. The van der Waals surface area contributed by atoms with Crippen LogP contribution in [-0.4, -0.2) is 45.2 Å². The number of anilines is 1. The summed E-state index contributed by atoms with van der Waals surface area (Å²) < 4.78 is 64.0. The van der Waals surface area contributed by atoms with Crippen LogP contribution in [0.15, 0.2) is 18.2 Å². The zero-order chi connectivity index (χ0) is 16.5. The van der Waals surface area contributed by atoms with Gasteiger partial charge in [-0.05, 0) is 24.1 Å². The first-order chi connectivity index (χ1) is 10.1. The Labute approximate surface area is 128 Å². The van der Waals surface area contributed by atoms with Crippen LogP contribution in [0.1, 0.15) is 18.1 Å². The van der Waals surface area contributed by atoms with Gasteiger partial charge in [0, 0.05) is 31.9 Å². The van der Waals surface area contributed by atoms with E-state index in [9.17, 15) is 21.6 Å². The Morgan fingerprint density at radius 2 is 1.73 bits per heavy atom. The molecule has 1 saturated heterocycles. The highest BCUT2D eigenvalue weighted by Gasteiger charge is 2.36. The molecule has 0 amide bonds. The molecule has 1 aliphatic heterocycles. The van der Waals surface area contributed by atoms with E-state index in [1.165, 1.54) is 16.4 Å². The largest absolute Gasteiger partial charge is 0.418 e. The molecular formula is C14H19F3N2O2S. The minimum atomic E-state index is -4.42. The van der Waals surface area contributed by atoms with Crippen molar-refractivity contribution in [2.75, 3.05) is 37.3 Å². The molecule has 1 aromatic carbocycles. The van der Waals surface area contributed by atoms with E-state index in [0.717, 1.165) is 6.26 Å². The minimum absolute atomic E-state index is 0.123. The van der Waals surface area contributed by atoms with Crippen LogP contribution in [0.25, 0.3) is 0 Å². The van der Waals surface area contributed by atoms with Gasteiger partial charge >= 0.3 is 6.18 Å². The molecule has 0 unspecified atom stereocenters. The van der Waals surface area contributed by atoms with Crippen LogP contribution in [0.4, 0.5) is 18.9 Å². The number of alkyl halides is 3. The van der Waals surface area contributed by atoms with Gasteiger partial charge in [-0.3, -0.25) is 0 Å². The number of rotatable bonds is 3. The van der Waals surface area contributed by atoms with E-state index >= 15 is 0 Å². The van der Waals surface area contributed by atoms with Crippen molar-refractivity contribution >= 4 is 15.7 Å². The third-order valence-corrected chi connectivity index (χ3v) is 5.13. The average molecular weight is 336 g/mol. The number of benzene rings is 1. The second-order valence-corrected chi connectivity index (χ2v) is 7.33. The topological polar surface area (TPSA) is 40.6 Å². The van der Waals surface area contributed by atoms with Crippen molar-refractivity contribution in [1.29, 1.82) is 0 Å². The van der Waals surface area contributed by atoms with Crippen molar-refractivity contribution < 1.29 is 21.6 Å². The molecule has 124 valence electrons. The van der Waals surface area contributed by atoms with Crippen LogP contribution in [0.5, 0.6) is 0 Å². The molecular weight excluding hydrogens is 317 g/mol. The maximum Gasteiger partial charge on any atom is 0.418 e. The molecule has 1 heterocycles. The monoisotopic (exact) mass is 336 g/mol. The number of sulfonamides is 1. The molecule has 4 nitrogen and oxygen atoms in total. The molecule has 0 atom stereocenters. The van der Waals surface area contributed by atoms with E-state index in [2.05, 4.69) is 0 Å². The highest BCUT2D eigenvalue weighted by atomic mass is 32.2. The summed E-state index contributed by atoms with van der Waals surface area (Å²) in [7, 11) is -3.30. The predicted molar refractivity (Wildman–Crippen MR) is 79.5 cm³/mol. The Bertz CT molecular complexity index is 636. The molecule has 1 aliphatic rings. The lowest BCUT2D eigenvalue weighted by Gasteiger charge is -2.36. The summed E-state index contributed by atoms with van der Waals surface area (Å²) >= 11 is 0. The molecule has 1 aromatic rings. The predicted octanol–water partition coefficient (Wildman–Crippen LogP) is 2.35. The summed E-state index contributed by atoms with van der Waals surface area (Å²) in [6, 6.07) is 4.35. The van der Waals surface area contributed by atoms with E-state index in [1.54, 1.807) is 17.9 Å². The van der Waals surface area contributed by atoms with Gasteiger partial charge in [0.2, 0.25) is 10.0 Å². The van der Waals surface area contributed by atoms with E-state index in [0.29, 0.717) is 12.0 Å². The van der Waals surface area contributed by atoms with Crippen molar-refractivity contribution in [3.8, 4) is 0 Å². The van der Waals surface area contributed by atoms with E-state index in [4.69, 9.17) is 0 Å². The number of piperazine rings is 1. The van der Waals surface area contributed by atoms with E-state index in [-0.39, 0.29) is 31.9 Å². The minimum Gasteiger partial charge on any atom is -0.368 e. The first kappa shape index (κ1) is 17.1. The molecule has 0 aliphatic carbocycles. The first-order valence-electron chi connectivity index (χ1n) is 7.03. The van der Waals surface area contributed by atoms with Gasteiger partial charge < -0.3 is 4.90 Å². The Kier molecular flexibility index (Phi) is 4.72. The van der Waals surface area contributed by atoms with Gasteiger partial charge in [0.25, 0.3) is 0 Å². The highest BCUT2D eigenvalue weighted by molar-refractivity contribution is 7.88. The van der Waals surface area contributed by atoms with Gasteiger partial charge in [0.05, 0.1) is 11.8 Å². The van der Waals surface area contributed by atoms with E-state index < -0.39 is 21.8 Å². The number of nitrogens with zero attached hydrogens (tertiary/aromatic N) is 2. The zero-order valence-corrected chi connectivity index (χ0v) is 13.3. The molecule has 0 saturated carbocycles. The Balaban J connectivity index is 2.27. The molecule has 0 bridgehead atoms. The summed E-state index contributed by atoms with van der Waals surface area (Å²) in [6.45, 7) is 2.71. The van der Waals surface area contributed by atoms with Gasteiger partial charge in [0.15, 0.2) is 0 Å². The third kappa shape index (κ3) is 3.73. The van der Waals surface area contributed by atoms with Crippen LogP contribution < -0.4 is 4.90 Å². The fourth-order valence-electron chi connectivity index (χ4n) is 2.57.